The van der Waals surface area contributed by atoms with Gasteiger partial charge in [-0.05, 0) is 12.3 Å². The van der Waals surface area contributed by atoms with Gasteiger partial charge < -0.3 is 9.25 Å². The first kappa shape index (κ1) is 9.77. The molecule has 0 aromatic carbocycles. The zero-order valence-corrected chi connectivity index (χ0v) is 7.93. The van der Waals surface area contributed by atoms with E-state index in [1.54, 1.807) is 6.20 Å². The summed E-state index contributed by atoms with van der Waals surface area (Å²) in [5.41, 5.74) is 0. The third-order valence-electron chi connectivity index (χ3n) is 1.49. The van der Waals surface area contributed by atoms with Crippen LogP contribution in [0.5, 0.6) is 0 Å². The van der Waals surface area contributed by atoms with Gasteiger partial charge in [-0.2, -0.15) is 0 Å². The minimum atomic E-state index is 0.601. The van der Waals surface area contributed by atoms with Crippen LogP contribution >= 0.6 is 0 Å². The van der Waals surface area contributed by atoms with E-state index >= 15 is 0 Å². The minimum absolute atomic E-state index is 0.601. The second-order valence-electron chi connectivity index (χ2n) is 3.15. The van der Waals surface area contributed by atoms with E-state index in [9.17, 15) is 0 Å². The molecule has 4 heteroatoms. The summed E-state index contributed by atoms with van der Waals surface area (Å²) >= 11 is 0. The van der Waals surface area contributed by atoms with E-state index in [0.717, 1.165) is 6.42 Å². The van der Waals surface area contributed by atoms with Gasteiger partial charge in [0.15, 0.2) is 12.2 Å². The fraction of sp³-hybridized carbons (Fsp3) is 0.556. The fourth-order valence-electron chi connectivity index (χ4n) is 0.720. The van der Waals surface area contributed by atoms with Crippen LogP contribution in [0.25, 0.3) is 0 Å². The average Bonchev–Trinajstić information content (AvgIpc) is 2.55. The summed E-state index contributed by atoms with van der Waals surface area (Å²) in [5.74, 6) is 1.24. The lowest BCUT2D eigenvalue weighted by molar-refractivity contribution is 0.134. The molecule has 0 atom stereocenters. The molecular formula is C9H14N2O2. The highest BCUT2D eigenvalue weighted by Crippen LogP contribution is 1.99. The first-order valence-corrected chi connectivity index (χ1v) is 4.33. The van der Waals surface area contributed by atoms with E-state index in [1.165, 1.54) is 12.6 Å². The minimum Gasteiger partial charge on any atom is -0.442 e. The van der Waals surface area contributed by atoms with Crippen LogP contribution in [0.4, 0.5) is 0 Å². The standard InChI is InChI=1S/C9H14N2O2/c1-8(2)3-4-13-11-6-9-5-10-7-12-9/h5-8H,3-4H2,1-2H3. The molecule has 0 unspecified atom stereocenters. The average molecular weight is 182 g/mol. The zero-order valence-electron chi connectivity index (χ0n) is 7.93. The van der Waals surface area contributed by atoms with Gasteiger partial charge in [0.1, 0.15) is 12.8 Å². The SMILES string of the molecule is CC(C)CCON=Cc1cnco1. The molecule has 1 aromatic heterocycles. The molecule has 0 saturated carbocycles. The Morgan fingerprint density at radius 3 is 3.15 bits per heavy atom. The highest BCUT2D eigenvalue weighted by atomic mass is 16.6. The molecule has 0 fully saturated rings. The van der Waals surface area contributed by atoms with Gasteiger partial charge in [0.05, 0.1) is 6.20 Å². The molecule has 1 heterocycles. The van der Waals surface area contributed by atoms with Crippen LogP contribution in [0.2, 0.25) is 0 Å². The van der Waals surface area contributed by atoms with E-state index in [1.807, 2.05) is 0 Å². The second kappa shape index (κ2) is 5.35. The van der Waals surface area contributed by atoms with Crippen LogP contribution < -0.4 is 0 Å². The van der Waals surface area contributed by atoms with Crippen LogP contribution in [-0.4, -0.2) is 17.8 Å². The predicted molar refractivity (Wildman–Crippen MR) is 49.5 cm³/mol. The Balaban J connectivity index is 2.12. The molecule has 0 aliphatic heterocycles. The van der Waals surface area contributed by atoms with E-state index in [0.29, 0.717) is 18.3 Å². The predicted octanol–water partition coefficient (Wildman–Crippen LogP) is 2.07. The monoisotopic (exact) mass is 182 g/mol. The van der Waals surface area contributed by atoms with Gasteiger partial charge >= 0.3 is 0 Å². The summed E-state index contributed by atoms with van der Waals surface area (Å²) < 4.78 is 4.92. The molecule has 0 spiro atoms. The zero-order chi connectivity index (χ0) is 9.52. The summed E-state index contributed by atoms with van der Waals surface area (Å²) in [7, 11) is 0. The number of nitrogens with zero attached hydrogens (tertiary/aromatic N) is 2. The third kappa shape index (κ3) is 4.30. The van der Waals surface area contributed by atoms with Crippen molar-refractivity contribution in [2.45, 2.75) is 20.3 Å². The van der Waals surface area contributed by atoms with Crippen LogP contribution in [0, 0.1) is 5.92 Å². The summed E-state index contributed by atoms with van der Waals surface area (Å²) in [5, 5.41) is 3.73. The number of hydrogen-bond acceptors (Lipinski definition) is 4. The number of hydrogen-bond donors (Lipinski definition) is 0. The van der Waals surface area contributed by atoms with Crippen molar-refractivity contribution >= 4 is 6.21 Å². The molecule has 72 valence electrons. The smallest absolute Gasteiger partial charge is 0.181 e. The number of aromatic nitrogens is 1. The van der Waals surface area contributed by atoms with Crippen molar-refractivity contribution < 1.29 is 9.25 Å². The van der Waals surface area contributed by atoms with Crippen molar-refractivity contribution in [2.24, 2.45) is 11.1 Å². The van der Waals surface area contributed by atoms with Crippen LogP contribution in [0.15, 0.2) is 22.2 Å². The van der Waals surface area contributed by atoms with Crippen molar-refractivity contribution in [3.63, 3.8) is 0 Å². The van der Waals surface area contributed by atoms with E-state index in [2.05, 4.69) is 24.0 Å². The molecule has 1 rings (SSSR count). The Labute approximate surface area is 77.6 Å². The Hall–Kier alpha value is -1.32. The van der Waals surface area contributed by atoms with Crippen LogP contribution in [0.1, 0.15) is 26.0 Å². The maximum atomic E-state index is 5.00. The van der Waals surface area contributed by atoms with Gasteiger partial charge in [0.2, 0.25) is 0 Å². The highest BCUT2D eigenvalue weighted by molar-refractivity contribution is 5.74. The number of oxazole rings is 1. The fourth-order valence-corrected chi connectivity index (χ4v) is 0.720. The Kier molecular flexibility index (Phi) is 4.02. The molecule has 0 aliphatic carbocycles. The summed E-state index contributed by atoms with van der Waals surface area (Å²) in [6, 6.07) is 0. The summed E-state index contributed by atoms with van der Waals surface area (Å²) in [4.78, 5) is 8.74. The van der Waals surface area contributed by atoms with Gasteiger partial charge in [-0.25, -0.2) is 4.98 Å². The molecular weight excluding hydrogens is 168 g/mol. The third-order valence-corrected chi connectivity index (χ3v) is 1.49. The molecule has 0 amide bonds. The second-order valence-corrected chi connectivity index (χ2v) is 3.15. The largest absolute Gasteiger partial charge is 0.442 e. The van der Waals surface area contributed by atoms with Crippen molar-refractivity contribution in [2.75, 3.05) is 6.61 Å². The molecule has 1 aromatic rings. The molecule has 4 nitrogen and oxygen atoms in total. The molecule has 0 N–H and O–H groups in total. The normalized spacial score (nSPS) is 11.3. The molecule has 0 saturated heterocycles. The van der Waals surface area contributed by atoms with Crippen molar-refractivity contribution in [3.8, 4) is 0 Å². The van der Waals surface area contributed by atoms with Gasteiger partial charge in [-0.15, -0.1) is 0 Å². The molecule has 13 heavy (non-hydrogen) atoms. The highest BCUT2D eigenvalue weighted by Gasteiger charge is 1.93. The number of rotatable bonds is 5. The Bertz CT molecular complexity index is 242. The van der Waals surface area contributed by atoms with Gasteiger partial charge in [0, 0.05) is 0 Å². The lowest BCUT2D eigenvalue weighted by atomic mass is 10.1. The first-order chi connectivity index (χ1) is 6.29. The van der Waals surface area contributed by atoms with E-state index in [4.69, 9.17) is 9.25 Å². The Morgan fingerprint density at radius 2 is 2.54 bits per heavy atom. The lowest BCUT2D eigenvalue weighted by Crippen LogP contribution is -1.94. The summed E-state index contributed by atoms with van der Waals surface area (Å²) in [6.07, 6.45) is 5.45. The summed E-state index contributed by atoms with van der Waals surface area (Å²) in [6.45, 7) is 4.93. The first-order valence-electron chi connectivity index (χ1n) is 4.33. The van der Waals surface area contributed by atoms with E-state index < -0.39 is 0 Å². The topological polar surface area (TPSA) is 47.6 Å². The lowest BCUT2D eigenvalue weighted by Gasteiger charge is -2.01. The van der Waals surface area contributed by atoms with Gasteiger partial charge in [-0.3, -0.25) is 0 Å². The van der Waals surface area contributed by atoms with Crippen molar-refractivity contribution in [3.05, 3.63) is 18.4 Å². The van der Waals surface area contributed by atoms with Crippen LogP contribution in [-0.2, 0) is 4.84 Å². The molecule has 0 aliphatic rings. The van der Waals surface area contributed by atoms with Gasteiger partial charge in [0.25, 0.3) is 0 Å². The quantitative estimate of drug-likeness (QED) is 0.398. The number of oxime groups is 1. The van der Waals surface area contributed by atoms with Crippen LogP contribution in [0.3, 0.4) is 0 Å². The molecule has 0 bridgehead atoms. The van der Waals surface area contributed by atoms with Crippen molar-refractivity contribution in [1.82, 2.24) is 4.98 Å². The van der Waals surface area contributed by atoms with Crippen molar-refractivity contribution in [1.29, 1.82) is 0 Å². The molecule has 0 radical (unpaired) electrons. The van der Waals surface area contributed by atoms with Gasteiger partial charge in [-0.1, -0.05) is 19.0 Å². The maximum Gasteiger partial charge on any atom is 0.181 e. The van der Waals surface area contributed by atoms with E-state index in [-0.39, 0.29) is 0 Å². The Morgan fingerprint density at radius 1 is 1.69 bits per heavy atom. The maximum absolute atomic E-state index is 5.00.